The predicted octanol–water partition coefficient (Wildman–Crippen LogP) is 6.11. The smallest absolute Gasteiger partial charge is 0.229 e. The summed E-state index contributed by atoms with van der Waals surface area (Å²) in [5.74, 6) is 0.957. The van der Waals surface area contributed by atoms with Crippen LogP contribution >= 0.6 is 22.7 Å². The van der Waals surface area contributed by atoms with E-state index in [0.29, 0.717) is 13.0 Å². The van der Waals surface area contributed by atoms with E-state index in [1.807, 2.05) is 59.7 Å². The van der Waals surface area contributed by atoms with Crippen LogP contribution in [0.25, 0.3) is 20.8 Å². The zero-order valence-electron chi connectivity index (χ0n) is 18.0. The maximum absolute atomic E-state index is 13.3. The number of aromatic nitrogens is 2. The second kappa shape index (κ2) is 9.38. The van der Waals surface area contributed by atoms with Crippen LogP contribution in [-0.4, -0.2) is 33.9 Å². The minimum atomic E-state index is 0.0606. The van der Waals surface area contributed by atoms with Crippen molar-refractivity contribution in [3.05, 3.63) is 64.6 Å². The summed E-state index contributed by atoms with van der Waals surface area (Å²) in [6.07, 6.45) is 3.45. The molecule has 1 amide bonds. The molecule has 164 valence electrons. The zero-order chi connectivity index (χ0) is 21.9. The number of para-hydroxylation sites is 2. The monoisotopic (exact) mass is 463 g/mol. The second-order valence-electron chi connectivity index (χ2n) is 7.87. The van der Waals surface area contributed by atoms with Crippen LogP contribution in [0.15, 0.2) is 53.9 Å². The molecule has 32 heavy (non-hydrogen) atoms. The van der Waals surface area contributed by atoms with E-state index in [4.69, 9.17) is 14.7 Å². The maximum Gasteiger partial charge on any atom is 0.229 e. The Hall–Kier alpha value is -2.77. The van der Waals surface area contributed by atoms with Crippen LogP contribution in [0.2, 0.25) is 0 Å². The highest BCUT2D eigenvalue weighted by Gasteiger charge is 2.30. The molecule has 7 heteroatoms. The van der Waals surface area contributed by atoms with Crippen LogP contribution in [0.1, 0.15) is 42.9 Å². The molecule has 0 N–H and O–H groups in total. The fourth-order valence-corrected chi connectivity index (χ4v) is 6.18. The molecule has 5 rings (SSSR count). The summed E-state index contributed by atoms with van der Waals surface area (Å²) >= 11 is 3.27. The number of ether oxygens (including phenoxy) is 1. The van der Waals surface area contributed by atoms with Gasteiger partial charge in [0.1, 0.15) is 15.8 Å². The molecular formula is C25H25N3O2S2. The lowest BCUT2D eigenvalue weighted by Gasteiger charge is -2.34. The van der Waals surface area contributed by atoms with Crippen molar-refractivity contribution in [3.8, 4) is 16.3 Å². The third-order valence-corrected chi connectivity index (χ3v) is 7.78. The highest BCUT2D eigenvalue weighted by atomic mass is 32.1. The fourth-order valence-electron chi connectivity index (χ4n) is 4.21. The molecule has 0 saturated carbocycles. The van der Waals surface area contributed by atoms with Crippen LogP contribution in [0.4, 0.5) is 0 Å². The first-order valence-corrected chi connectivity index (χ1v) is 12.7. The standard InChI is InChI=1S/C25H25N3O2S2/c1-2-30-21-12-5-3-9-18(21)24-26-17(16-31-24)15-23(29)28-14-8-7-11-20(28)25-27-19-10-4-6-13-22(19)32-25/h3-6,9-10,12-13,16,20H,2,7-8,11,14-15H2,1H3. The first kappa shape index (κ1) is 21.1. The second-order valence-corrected chi connectivity index (χ2v) is 9.79. The molecule has 1 aliphatic rings. The Kier molecular flexibility index (Phi) is 6.19. The van der Waals surface area contributed by atoms with Gasteiger partial charge in [-0.1, -0.05) is 24.3 Å². The van der Waals surface area contributed by atoms with Gasteiger partial charge in [0.05, 0.1) is 40.5 Å². The van der Waals surface area contributed by atoms with Gasteiger partial charge >= 0.3 is 0 Å². The van der Waals surface area contributed by atoms with E-state index in [1.165, 1.54) is 4.70 Å². The predicted molar refractivity (Wildman–Crippen MR) is 130 cm³/mol. The van der Waals surface area contributed by atoms with Crippen molar-refractivity contribution in [1.82, 2.24) is 14.9 Å². The van der Waals surface area contributed by atoms with E-state index < -0.39 is 0 Å². The number of hydrogen-bond acceptors (Lipinski definition) is 6. The molecule has 3 heterocycles. The first-order valence-electron chi connectivity index (χ1n) is 11.0. The SMILES string of the molecule is CCOc1ccccc1-c1nc(CC(=O)N2CCCCC2c2nc3ccccc3s2)cs1. The van der Waals surface area contributed by atoms with E-state index in [0.717, 1.165) is 58.3 Å². The lowest BCUT2D eigenvalue weighted by molar-refractivity contribution is -0.134. The summed E-state index contributed by atoms with van der Waals surface area (Å²) in [5.41, 5.74) is 2.81. The molecule has 1 fully saturated rings. The van der Waals surface area contributed by atoms with E-state index in [1.54, 1.807) is 22.7 Å². The third-order valence-electron chi connectivity index (χ3n) is 5.72. The number of piperidine rings is 1. The average Bonchev–Trinajstić information content (AvgIpc) is 3.47. The lowest BCUT2D eigenvalue weighted by Crippen LogP contribution is -2.39. The molecule has 0 bridgehead atoms. The minimum absolute atomic E-state index is 0.0606. The molecule has 1 atom stereocenters. The molecule has 2 aromatic carbocycles. The summed E-state index contributed by atoms with van der Waals surface area (Å²) in [6.45, 7) is 3.36. The van der Waals surface area contributed by atoms with Crippen molar-refractivity contribution in [2.24, 2.45) is 0 Å². The van der Waals surface area contributed by atoms with Crippen LogP contribution < -0.4 is 4.74 Å². The summed E-state index contributed by atoms with van der Waals surface area (Å²) in [5, 5.41) is 3.93. The number of nitrogens with zero attached hydrogens (tertiary/aromatic N) is 3. The number of likely N-dealkylation sites (tertiary alicyclic amines) is 1. The van der Waals surface area contributed by atoms with Crippen molar-refractivity contribution in [2.45, 2.75) is 38.6 Å². The van der Waals surface area contributed by atoms with Gasteiger partial charge in [-0.15, -0.1) is 22.7 Å². The first-order chi connectivity index (χ1) is 15.7. The number of amides is 1. The summed E-state index contributed by atoms with van der Waals surface area (Å²) < 4.78 is 6.93. The summed E-state index contributed by atoms with van der Waals surface area (Å²) in [4.78, 5) is 25.0. The largest absolute Gasteiger partial charge is 0.493 e. The molecule has 2 aromatic heterocycles. The minimum Gasteiger partial charge on any atom is -0.493 e. The Bertz CT molecular complexity index is 1200. The van der Waals surface area contributed by atoms with E-state index in [9.17, 15) is 4.79 Å². The molecule has 1 saturated heterocycles. The highest BCUT2D eigenvalue weighted by Crippen LogP contribution is 2.36. The van der Waals surface area contributed by atoms with Gasteiger partial charge in [0.2, 0.25) is 5.91 Å². The molecule has 0 spiro atoms. The Morgan fingerprint density at radius 3 is 2.84 bits per heavy atom. The normalized spacial score (nSPS) is 16.4. The highest BCUT2D eigenvalue weighted by molar-refractivity contribution is 7.18. The van der Waals surface area contributed by atoms with Crippen molar-refractivity contribution in [1.29, 1.82) is 0 Å². The molecule has 0 radical (unpaired) electrons. The van der Waals surface area contributed by atoms with Crippen LogP contribution in [-0.2, 0) is 11.2 Å². The lowest BCUT2D eigenvalue weighted by atomic mass is 10.0. The Morgan fingerprint density at radius 2 is 1.97 bits per heavy atom. The van der Waals surface area contributed by atoms with Gasteiger partial charge in [0.15, 0.2) is 0 Å². The van der Waals surface area contributed by atoms with Crippen molar-refractivity contribution in [3.63, 3.8) is 0 Å². The molecule has 4 aromatic rings. The number of fused-ring (bicyclic) bond motifs is 1. The van der Waals surface area contributed by atoms with Gasteiger partial charge in [-0.3, -0.25) is 4.79 Å². The fraction of sp³-hybridized carbons (Fsp3) is 0.320. The topological polar surface area (TPSA) is 55.3 Å². The van der Waals surface area contributed by atoms with Gasteiger partial charge in [-0.25, -0.2) is 9.97 Å². The van der Waals surface area contributed by atoms with Gasteiger partial charge in [0, 0.05) is 11.9 Å². The number of carbonyl (C=O) groups excluding carboxylic acids is 1. The van der Waals surface area contributed by atoms with Crippen LogP contribution in [0.5, 0.6) is 5.75 Å². The van der Waals surface area contributed by atoms with Crippen LogP contribution in [0.3, 0.4) is 0 Å². The van der Waals surface area contributed by atoms with Gasteiger partial charge < -0.3 is 9.64 Å². The van der Waals surface area contributed by atoms with E-state index in [-0.39, 0.29) is 11.9 Å². The van der Waals surface area contributed by atoms with Gasteiger partial charge in [-0.05, 0) is 50.5 Å². The average molecular weight is 464 g/mol. The van der Waals surface area contributed by atoms with E-state index in [2.05, 4.69) is 6.07 Å². The number of rotatable bonds is 6. The van der Waals surface area contributed by atoms with Crippen molar-refractivity contribution >= 4 is 38.8 Å². The molecular weight excluding hydrogens is 438 g/mol. The molecule has 1 aliphatic heterocycles. The maximum atomic E-state index is 13.3. The molecule has 0 aliphatic carbocycles. The number of thiazole rings is 2. The summed E-state index contributed by atoms with van der Waals surface area (Å²) in [6, 6.07) is 16.2. The summed E-state index contributed by atoms with van der Waals surface area (Å²) in [7, 11) is 0. The molecule has 5 nitrogen and oxygen atoms in total. The number of hydrogen-bond donors (Lipinski definition) is 0. The quantitative estimate of drug-likeness (QED) is 0.346. The third kappa shape index (κ3) is 4.27. The van der Waals surface area contributed by atoms with Crippen LogP contribution in [0, 0.1) is 0 Å². The van der Waals surface area contributed by atoms with Crippen molar-refractivity contribution in [2.75, 3.05) is 13.2 Å². The number of carbonyl (C=O) groups is 1. The van der Waals surface area contributed by atoms with E-state index >= 15 is 0 Å². The molecule has 1 unspecified atom stereocenters. The Labute approximate surface area is 195 Å². The van der Waals surface area contributed by atoms with Crippen molar-refractivity contribution < 1.29 is 9.53 Å². The Balaban J connectivity index is 1.35. The van der Waals surface area contributed by atoms with Gasteiger partial charge in [-0.2, -0.15) is 0 Å². The Morgan fingerprint density at radius 1 is 1.12 bits per heavy atom. The number of benzene rings is 2. The zero-order valence-corrected chi connectivity index (χ0v) is 19.6. The van der Waals surface area contributed by atoms with Gasteiger partial charge in [0.25, 0.3) is 0 Å².